The molecule has 0 fully saturated rings. The number of hydrogen-bond acceptors (Lipinski definition) is 4. The minimum atomic E-state index is 0.807. The van der Waals surface area contributed by atoms with Gasteiger partial charge < -0.3 is 5.73 Å². The molecule has 0 radical (unpaired) electrons. The van der Waals surface area contributed by atoms with Crippen molar-refractivity contribution in [1.29, 1.82) is 0 Å². The topological polar surface area (TPSA) is 70.4 Å². The molecule has 2 heterocycles. The molecule has 98 valence electrons. The van der Waals surface area contributed by atoms with E-state index in [2.05, 4.69) is 54.8 Å². The Morgan fingerprint density at radius 2 is 2.05 bits per heavy atom. The lowest BCUT2D eigenvalue weighted by molar-refractivity contribution is -0.366. The average Bonchev–Trinajstić information content (AvgIpc) is 2.83. The molecule has 0 amide bonds. The SMILES string of the molecule is [NH3+]CCc1nnc2n1NC(c1ccc(Br)cc1)=CS2. The molecule has 0 saturated heterocycles. The number of quaternary nitrogens is 1. The number of benzene rings is 1. The van der Waals surface area contributed by atoms with Crippen LogP contribution in [0.25, 0.3) is 5.70 Å². The number of rotatable bonds is 3. The Balaban J connectivity index is 1.88. The maximum absolute atomic E-state index is 4.18. The van der Waals surface area contributed by atoms with Gasteiger partial charge in [0, 0.05) is 15.4 Å². The van der Waals surface area contributed by atoms with Gasteiger partial charge in [-0.1, -0.05) is 39.8 Å². The molecule has 3 rings (SSSR count). The predicted octanol–water partition coefficient (Wildman–Crippen LogP) is 1.47. The van der Waals surface area contributed by atoms with E-state index in [1.807, 2.05) is 16.8 Å². The number of nitrogens with zero attached hydrogens (tertiary/aromatic N) is 3. The first kappa shape index (κ1) is 12.7. The van der Waals surface area contributed by atoms with E-state index in [4.69, 9.17) is 0 Å². The van der Waals surface area contributed by atoms with Gasteiger partial charge in [0.25, 0.3) is 0 Å². The third-order valence-corrected chi connectivity index (χ3v) is 4.13. The summed E-state index contributed by atoms with van der Waals surface area (Å²) in [6.07, 6.45) is 0.814. The summed E-state index contributed by atoms with van der Waals surface area (Å²) in [6.45, 7) is 0.807. The molecule has 1 aromatic heterocycles. The summed E-state index contributed by atoms with van der Waals surface area (Å²) in [4.78, 5) is 0. The van der Waals surface area contributed by atoms with E-state index in [1.54, 1.807) is 11.8 Å². The Kier molecular flexibility index (Phi) is 3.58. The zero-order chi connectivity index (χ0) is 13.2. The third kappa shape index (κ3) is 2.54. The van der Waals surface area contributed by atoms with E-state index in [-0.39, 0.29) is 0 Å². The number of nitrogens with one attached hydrogen (secondary N) is 1. The van der Waals surface area contributed by atoms with Gasteiger partial charge in [-0.25, -0.2) is 4.68 Å². The van der Waals surface area contributed by atoms with Crippen LogP contribution in [0.4, 0.5) is 0 Å². The zero-order valence-electron chi connectivity index (χ0n) is 10.1. The Hall–Kier alpha value is -1.31. The molecule has 0 unspecified atom stereocenters. The fourth-order valence-corrected chi connectivity index (χ4v) is 2.85. The largest absolute Gasteiger partial charge is 0.357 e. The fourth-order valence-electron chi connectivity index (χ4n) is 1.83. The lowest BCUT2D eigenvalue weighted by Gasteiger charge is -2.18. The molecule has 19 heavy (non-hydrogen) atoms. The van der Waals surface area contributed by atoms with Gasteiger partial charge in [0.2, 0.25) is 5.16 Å². The molecule has 0 atom stereocenters. The van der Waals surface area contributed by atoms with E-state index in [0.29, 0.717) is 0 Å². The van der Waals surface area contributed by atoms with Gasteiger partial charge in [-0.05, 0) is 12.1 Å². The maximum Gasteiger partial charge on any atom is 0.214 e. The summed E-state index contributed by atoms with van der Waals surface area (Å²) in [5.74, 6) is 0.917. The van der Waals surface area contributed by atoms with Gasteiger partial charge in [-0.3, -0.25) is 5.43 Å². The van der Waals surface area contributed by atoms with Crippen LogP contribution in [-0.4, -0.2) is 21.4 Å². The minimum absolute atomic E-state index is 0.807. The molecule has 1 aliphatic heterocycles. The molecule has 0 saturated carbocycles. The molecule has 1 aromatic carbocycles. The third-order valence-electron chi connectivity index (χ3n) is 2.77. The van der Waals surface area contributed by atoms with Crippen molar-refractivity contribution in [2.45, 2.75) is 11.6 Å². The van der Waals surface area contributed by atoms with Crippen molar-refractivity contribution in [1.82, 2.24) is 14.9 Å². The highest BCUT2D eigenvalue weighted by Gasteiger charge is 2.18. The second-order valence-electron chi connectivity index (χ2n) is 4.11. The first-order valence-electron chi connectivity index (χ1n) is 5.91. The van der Waals surface area contributed by atoms with Crippen LogP contribution < -0.4 is 11.2 Å². The number of aromatic nitrogens is 3. The van der Waals surface area contributed by atoms with Gasteiger partial charge in [0.15, 0.2) is 5.82 Å². The zero-order valence-corrected chi connectivity index (χ0v) is 12.5. The van der Waals surface area contributed by atoms with Crippen LogP contribution in [0.1, 0.15) is 11.4 Å². The van der Waals surface area contributed by atoms with Gasteiger partial charge in [-0.2, -0.15) is 0 Å². The number of fused-ring (bicyclic) bond motifs is 1. The van der Waals surface area contributed by atoms with Crippen LogP contribution in [0.2, 0.25) is 0 Å². The van der Waals surface area contributed by atoms with Crippen molar-refractivity contribution in [3.63, 3.8) is 0 Å². The molecule has 0 bridgehead atoms. The van der Waals surface area contributed by atoms with E-state index in [0.717, 1.165) is 39.7 Å². The van der Waals surface area contributed by atoms with Crippen LogP contribution in [0, 0.1) is 0 Å². The minimum Gasteiger partial charge on any atom is -0.357 e. The molecule has 1 aliphatic rings. The van der Waals surface area contributed by atoms with E-state index in [1.165, 1.54) is 0 Å². The summed E-state index contributed by atoms with van der Waals surface area (Å²) >= 11 is 5.02. The molecular formula is C12H13BrN5S+. The number of thioether (sulfide) groups is 1. The van der Waals surface area contributed by atoms with E-state index < -0.39 is 0 Å². The summed E-state index contributed by atoms with van der Waals surface area (Å²) in [5, 5.41) is 11.3. The molecule has 4 N–H and O–H groups in total. The number of hydrogen-bond donors (Lipinski definition) is 2. The number of halogens is 1. The maximum atomic E-state index is 4.18. The molecule has 2 aromatic rings. The standard InChI is InChI=1S/C12H12BrN5S/c13-9-3-1-8(2-4-9)10-7-19-12-16-15-11(5-6-14)18(12)17-10/h1-4,7,17H,5-6,14H2/p+1. The van der Waals surface area contributed by atoms with Crippen LogP contribution in [0.3, 0.4) is 0 Å². The first-order valence-corrected chi connectivity index (χ1v) is 7.58. The quantitative estimate of drug-likeness (QED) is 0.889. The Bertz CT molecular complexity index is 620. The normalized spacial score (nSPS) is 13.7. The fraction of sp³-hybridized carbons (Fsp3) is 0.167. The van der Waals surface area contributed by atoms with Crippen LogP contribution >= 0.6 is 27.7 Å². The van der Waals surface area contributed by atoms with Gasteiger partial charge >= 0.3 is 0 Å². The highest BCUT2D eigenvalue weighted by atomic mass is 79.9. The van der Waals surface area contributed by atoms with Gasteiger partial charge in [-0.15, -0.1) is 10.2 Å². The van der Waals surface area contributed by atoms with Crippen molar-refractivity contribution >= 4 is 33.4 Å². The second kappa shape index (κ2) is 5.36. The smallest absolute Gasteiger partial charge is 0.214 e. The monoisotopic (exact) mass is 338 g/mol. The first-order chi connectivity index (χ1) is 9.28. The summed E-state index contributed by atoms with van der Waals surface area (Å²) in [7, 11) is 0. The molecule has 5 nitrogen and oxygen atoms in total. The van der Waals surface area contributed by atoms with Crippen LogP contribution in [0.5, 0.6) is 0 Å². The summed E-state index contributed by atoms with van der Waals surface area (Å²) in [5.41, 5.74) is 9.40. The summed E-state index contributed by atoms with van der Waals surface area (Å²) < 4.78 is 3.01. The molecular weight excluding hydrogens is 326 g/mol. The molecule has 0 aliphatic carbocycles. The van der Waals surface area contributed by atoms with Crippen LogP contribution in [-0.2, 0) is 6.42 Å². The average molecular weight is 339 g/mol. The Morgan fingerprint density at radius 1 is 1.26 bits per heavy atom. The Morgan fingerprint density at radius 3 is 2.79 bits per heavy atom. The predicted molar refractivity (Wildman–Crippen MR) is 78.8 cm³/mol. The van der Waals surface area contributed by atoms with Crippen molar-refractivity contribution in [3.8, 4) is 0 Å². The lowest BCUT2D eigenvalue weighted by atomic mass is 10.2. The van der Waals surface area contributed by atoms with Crippen molar-refractivity contribution in [2.75, 3.05) is 12.0 Å². The van der Waals surface area contributed by atoms with Crippen LogP contribution in [0.15, 0.2) is 39.3 Å². The summed E-state index contributed by atoms with van der Waals surface area (Å²) in [6, 6.07) is 8.20. The van der Waals surface area contributed by atoms with Crippen molar-refractivity contribution in [2.24, 2.45) is 0 Å². The van der Waals surface area contributed by atoms with E-state index >= 15 is 0 Å². The lowest BCUT2D eigenvalue weighted by Crippen LogP contribution is -2.51. The van der Waals surface area contributed by atoms with Gasteiger partial charge in [0.1, 0.15) is 0 Å². The van der Waals surface area contributed by atoms with E-state index in [9.17, 15) is 0 Å². The molecule has 7 heteroatoms. The van der Waals surface area contributed by atoms with Crippen molar-refractivity contribution < 1.29 is 5.73 Å². The van der Waals surface area contributed by atoms with Crippen molar-refractivity contribution in [3.05, 3.63) is 45.5 Å². The Labute approximate surface area is 123 Å². The molecule has 0 spiro atoms. The van der Waals surface area contributed by atoms with Gasteiger partial charge in [0.05, 0.1) is 18.7 Å². The highest BCUT2D eigenvalue weighted by Crippen LogP contribution is 2.28. The second-order valence-corrected chi connectivity index (χ2v) is 5.86. The highest BCUT2D eigenvalue weighted by molar-refractivity contribution is 9.10.